The van der Waals surface area contributed by atoms with Gasteiger partial charge in [0.15, 0.2) is 0 Å². The summed E-state index contributed by atoms with van der Waals surface area (Å²) in [4.78, 5) is 35.1. The highest BCUT2D eigenvalue weighted by Crippen LogP contribution is 2.06. The number of nitrogens with one attached hydrogen (secondary N) is 2. The first-order valence-corrected chi connectivity index (χ1v) is 8.21. The van der Waals surface area contributed by atoms with Crippen molar-refractivity contribution in [3.63, 3.8) is 0 Å². The van der Waals surface area contributed by atoms with Crippen LogP contribution in [-0.4, -0.2) is 30.5 Å². The molecule has 0 aliphatic heterocycles. The molecule has 142 valence electrons. The quantitative estimate of drug-likeness (QED) is 0.647. The second kappa shape index (κ2) is 9.91. The molecule has 0 radical (unpaired) electrons. The predicted octanol–water partition coefficient (Wildman–Crippen LogP) is 1.26. The van der Waals surface area contributed by atoms with E-state index in [0.29, 0.717) is 5.56 Å². The molecule has 0 bridgehead atoms. The average Bonchev–Trinajstić information content (AvgIpc) is 2.66. The molecular weight excluding hydrogens is 353 g/mol. The van der Waals surface area contributed by atoms with Gasteiger partial charge in [0, 0.05) is 6.42 Å². The fourth-order valence-corrected chi connectivity index (χ4v) is 2.25. The van der Waals surface area contributed by atoms with E-state index in [2.05, 4.69) is 10.6 Å². The molecule has 8 heteroatoms. The number of amides is 3. The van der Waals surface area contributed by atoms with Crippen molar-refractivity contribution in [1.82, 2.24) is 10.6 Å². The Balaban J connectivity index is 1.77. The Bertz CT molecular complexity index is 781. The van der Waals surface area contributed by atoms with Crippen LogP contribution < -0.4 is 16.4 Å². The van der Waals surface area contributed by atoms with E-state index in [1.165, 1.54) is 24.3 Å². The van der Waals surface area contributed by atoms with Gasteiger partial charge in [-0.2, -0.15) is 0 Å². The Kier molecular flexibility index (Phi) is 7.30. The van der Waals surface area contributed by atoms with Gasteiger partial charge in [0.05, 0.1) is 0 Å². The summed E-state index contributed by atoms with van der Waals surface area (Å²) in [6, 6.07) is 13.6. The van der Waals surface area contributed by atoms with Crippen LogP contribution >= 0.6 is 0 Å². The summed E-state index contributed by atoms with van der Waals surface area (Å²) in [6.07, 6.45) is -0.650. The van der Waals surface area contributed by atoms with Gasteiger partial charge in [0.25, 0.3) is 0 Å². The zero-order valence-electron chi connectivity index (χ0n) is 14.5. The molecular formula is C19H20FN3O4. The largest absolute Gasteiger partial charge is 0.445 e. The molecule has 3 amide bonds. The minimum atomic E-state index is -0.981. The zero-order valence-corrected chi connectivity index (χ0v) is 14.5. The van der Waals surface area contributed by atoms with Gasteiger partial charge < -0.3 is 21.1 Å². The Hall–Kier alpha value is -3.42. The van der Waals surface area contributed by atoms with Gasteiger partial charge in [-0.25, -0.2) is 9.18 Å². The molecule has 0 spiro atoms. The van der Waals surface area contributed by atoms with Gasteiger partial charge in [0.2, 0.25) is 11.8 Å². The Labute approximate surface area is 155 Å². The number of rotatable bonds is 8. The van der Waals surface area contributed by atoms with Crippen LogP contribution in [0.25, 0.3) is 0 Å². The van der Waals surface area contributed by atoms with Crippen LogP contribution in [0.3, 0.4) is 0 Å². The van der Waals surface area contributed by atoms with Crippen LogP contribution in [0.2, 0.25) is 0 Å². The van der Waals surface area contributed by atoms with Gasteiger partial charge in [-0.15, -0.1) is 0 Å². The molecule has 0 unspecified atom stereocenters. The standard InChI is InChI=1S/C19H20FN3O4/c20-15-8-6-13(7-9-15)10-16(18(21)25)23-17(24)11-22-19(26)27-12-14-4-2-1-3-5-14/h1-9,16H,10-12H2,(H2,21,25)(H,22,26)(H,23,24)/t16-/m1/s1. The van der Waals surface area contributed by atoms with E-state index in [1.54, 1.807) is 12.1 Å². The summed E-state index contributed by atoms with van der Waals surface area (Å²) in [5.74, 6) is -1.74. The third kappa shape index (κ3) is 7.15. The topological polar surface area (TPSA) is 111 Å². The highest BCUT2D eigenvalue weighted by molar-refractivity contribution is 5.88. The minimum absolute atomic E-state index is 0.0722. The fourth-order valence-electron chi connectivity index (χ4n) is 2.25. The van der Waals surface area contributed by atoms with E-state index in [0.717, 1.165) is 5.56 Å². The van der Waals surface area contributed by atoms with Crippen molar-refractivity contribution < 1.29 is 23.5 Å². The molecule has 4 N–H and O–H groups in total. The normalized spacial score (nSPS) is 11.3. The van der Waals surface area contributed by atoms with Crippen molar-refractivity contribution >= 4 is 17.9 Å². The Morgan fingerprint density at radius 1 is 1.00 bits per heavy atom. The lowest BCUT2D eigenvalue weighted by Crippen LogP contribution is -2.49. The number of nitrogens with two attached hydrogens (primary N) is 1. The Morgan fingerprint density at radius 2 is 1.67 bits per heavy atom. The van der Waals surface area contributed by atoms with Crippen LogP contribution in [0, 0.1) is 5.82 Å². The second-order valence-electron chi connectivity index (χ2n) is 5.77. The fraction of sp³-hybridized carbons (Fsp3) is 0.211. The van der Waals surface area contributed by atoms with E-state index < -0.39 is 29.8 Å². The van der Waals surface area contributed by atoms with E-state index in [4.69, 9.17) is 10.5 Å². The predicted molar refractivity (Wildman–Crippen MR) is 95.9 cm³/mol. The van der Waals surface area contributed by atoms with E-state index in [1.807, 2.05) is 18.2 Å². The maximum atomic E-state index is 12.9. The van der Waals surface area contributed by atoms with Crippen molar-refractivity contribution in [3.8, 4) is 0 Å². The summed E-state index contributed by atoms with van der Waals surface area (Å²) >= 11 is 0. The first-order chi connectivity index (χ1) is 12.9. The number of benzene rings is 2. The number of hydrogen-bond donors (Lipinski definition) is 3. The second-order valence-corrected chi connectivity index (χ2v) is 5.77. The highest BCUT2D eigenvalue weighted by Gasteiger charge is 2.19. The van der Waals surface area contributed by atoms with Gasteiger partial charge in [-0.1, -0.05) is 42.5 Å². The lowest BCUT2D eigenvalue weighted by atomic mass is 10.1. The molecule has 27 heavy (non-hydrogen) atoms. The number of halogens is 1. The number of ether oxygens (including phenoxy) is 1. The number of alkyl carbamates (subject to hydrolysis) is 1. The van der Waals surface area contributed by atoms with Gasteiger partial charge in [-0.3, -0.25) is 9.59 Å². The number of carbonyl (C=O) groups excluding carboxylic acids is 3. The van der Waals surface area contributed by atoms with E-state index in [-0.39, 0.29) is 19.6 Å². The molecule has 0 saturated heterocycles. The first-order valence-electron chi connectivity index (χ1n) is 8.21. The monoisotopic (exact) mass is 373 g/mol. The van der Waals surface area contributed by atoms with Gasteiger partial charge in [0.1, 0.15) is 25.0 Å². The molecule has 0 fully saturated rings. The molecule has 0 heterocycles. The Morgan fingerprint density at radius 3 is 2.30 bits per heavy atom. The van der Waals surface area contributed by atoms with Crippen molar-refractivity contribution in [2.24, 2.45) is 5.73 Å². The van der Waals surface area contributed by atoms with E-state index in [9.17, 15) is 18.8 Å². The number of hydrogen-bond acceptors (Lipinski definition) is 4. The van der Waals surface area contributed by atoms with E-state index >= 15 is 0 Å². The highest BCUT2D eigenvalue weighted by atomic mass is 19.1. The molecule has 0 aliphatic carbocycles. The first kappa shape index (κ1) is 19.9. The van der Waals surface area contributed by atoms with Crippen molar-refractivity contribution in [1.29, 1.82) is 0 Å². The van der Waals surface area contributed by atoms with Crippen LogP contribution in [-0.2, 0) is 27.4 Å². The summed E-state index contributed by atoms with van der Waals surface area (Å²) in [6.45, 7) is -0.302. The average molecular weight is 373 g/mol. The van der Waals surface area contributed by atoms with Crippen LogP contribution in [0.4, 0.5) is 9.18 Å². The molecule has 1 atom stereocenters. The summed E-state index contributed by atoms with van der Waals surface area (Å²) in [7, 11) is 0. The van der Waals surface area contributed by atoms with Crippen LogP contribution in [0.15, 0.2) is 54.6 Å². The third-order valence-electron chi connectivity index (χ3n) is 3.64. The summed E-state index contributed by atoms with van der Waals surface area (Å²) in [5, 5.41) is 4.72. The molecule has 2 aromatic rings. The smallest absolute Gasteiger partial charge is 0.407 e. The maximum Gasteiger partial charge on any atom is 0.407 e. The lowest BCUT2D eigenvalue weighted by molar-refractivity contribution is -0.126. The molecule has 0 aliphatic rings. The number of primary amides is 1. The molecule has 7 nitrogen and oxygen atoms in total. The van der Waals surface area contributed by atoms with Crippen molar-refractivity contribution in [2.75, 3.05) is 6.54 Å². The van der Waals surface area contributed by atoms with Gasteiger partial charge in [-0.05, 0) is 23.3 Å². The van der Waals surface area contributed by atoms with Crippen LogP contribution in [0.5, 0.6) is 0 Å². The van der Waals surface area contributed by atoms with Crippen molar-refractivity contribution in [2.45, 2.75) is 19.1 Å². The zero-order chi connectivity index (χ0) is 19.6. The third-order valence-corrected chi connectivity index (χ3v) is 3.64. The summed E-state index contributed by atoms with van der Waals surface area (Å²) in [5.41, 5.74) is 6.74. The molecule has 0 saturated carbocycles. The molecule has 2 aromatic carbocycles. The summed E-state index contributed by atoms with van der Waals surface area (Å²) < 4.78 is 17.9. The maximum absolute atomic E-state index is 12.9. The SMILES string of the molecule is NC(=O)[C@@H](Cc1ccc(F)cc1)NC(=O)CNC(=O)OCc1ccccc1. The molecule has 2 rings (SSSR count). The van der Waals surface area contributed by atoms with Crippen LogP contribution in [0.1, 0.15) is 11.1 Å². The molecule has 0 aromatic heterocycles. The number of carbonyl (C=O) groups is 3. The lowest BCUT2D eigenvalue weighted by Gasteiger charge is -2.16. The minimum Gasteiger partial charge on any atom is -0.445 e. The van der Waals surface area contributed by atoms with Gasteiger partial charge >= 0.3 is 6.09 Å². The van der Waals surface area contributed by atoms with Crippen molar-refractivity contribution in [3.05, 3.63) is 71.5 Å².